The summed E-state index contributed by atoms with van der Waals surface area (Å²) in [6, 6.07) is 9.42. The molecule has 1 atom stereocenters. The third kappa shape index (κ3) is 2.74. The second-order valence-electron chi connectivity index (χ2n) is 6.03. The van der Waals surface area contributed by atoms with Crippen molar-refractivity contribution in [3.63, 3.8) is 0 Å². The molecule has 1 aliphatic heterocycles. The standard InChI is InChI=1S/C17H25N3/c1-19(15-6-5-10-18-11-9-15)12-14-13-20(2)17-8-4-3-7-16(14)17/h3-4,7-8,13,15,18H,5-6,9-12H2,1-2H3. The Morgan fingerprint density at radius 1 is 1.25 bits per heavy atom. The smallest absolute Gasteiger partial charge is 0.0481 e. The third-order valence-electron chi connectivity index (χ3n) is 4.57. The number of aryl methyl sites for hydroxylation is 1. The Labute approximate surface area is 121 Å². The average Bonchev–Trinajstić information content (AvgIpc) is 2.67. The van der Waals surface area contributed by atoms with E-state index in [9.17, 15) is 0 Å². The van der Waals surface area contributed by atoms with E-state index in [0.717, 1.165) is 13.1 Å². The van der Waals surface area contributed by atoms with Gasteiger partial charge in [-0.25, -0.2) is 0 Å². The highest BCUT2D eigenvalue weighted by molar-refractivity contribution is 5.83. The number of hydrogen-bond acceptors (Lipinski definition) is 2. The lowest BCUT2D eigenvalue weighted by molar-refractivity contribution is 0.217. The van der Waals surface area contributed by atoms with Gasteiger partial charge in [0.2, 0.25) is 0 Å². The van der Waals surface area contributed by atoms with Crippen LogP contribution in [0.1, 0.15) is 24.8 Å². The molecular formula is C17H25N3. The average molecular weight is 271 g/mol. The zero-order valence-corrected chi connectivity index (χ0v) is 12.6. The van der Waals surface area contributed by atoms with Crippen LogP contribution in [-0.4, -0.2) is 35.6 Å². The summed E-state index contributed by atoms with van der Waals surface area (Å²) in [6.07, 6.45) is 6.16. The molecule has 1 N–H and O–H groups in total. The van der Waals surface area contributed by atoms with Crippen molar-refractivity contribution >= 4 is 10.9 Å². The molecule has 1 fully saturated rings. The van der Waals surface area contributed by atoms with E-state index in [1.807, 2.05) is 0 Å². The number of fused-ring (bicyclic) bond motifs is 1. The molecule has 1 aromatic carbocycles. The fourth-order valence-electron chi connectivity index (χ4n) is 3.39. The van der Waals surface area contributed by atoms with Crippen molar-refractivity contribution in [3.05, 3.63) is 36.0 Å². The van der Waals surface area contributed by atoms with Gasteiger partial charge >= 0.3 is 0 Å². The number of rotatable bonds is 3. The maximum absolute atomic E-state index is 3.50. The molecule has 3 nitrogen and oxygen atoms in total. The van der Waals surface area contributed by atoms with Gasteiger partial charge in [-0.3, -0.25) is 4.90 Å². The van der Waals surface area contributed by atoms with Gasteiger partial charge in [-0.1, -0.05) is 18.2 Å². The number of nitrogens with one attached hydrogen (secondary N) is 1. The number of para-hydroxylation sites is 1. The van der Waals surface area contributed by atoms with Crippen LogP contribution in [0.25, 0.3) is 10.9 Å². The number of hydrogen-bond donors (Lipinski definition) is 1. The highest BCUT2D eigenvalue weighted by Gasteiger charge is 2.18. The minimum atomic E-state index is 0.712. The largest absolute Gasteiger partial charge is 0.350 e. The first-order valence-corrected chi connectivity index (χ1v) is 7.69. The van der Waals surface area contributed by atoms with Gasteiger partial charge in [-0.2, -0.15) is 0 Å². The summed E-state index contributed by atoms with van der Waals surface area (Å²) < 4.78 is 2.24. The summed E-state index contributed by atoms with van der Waals surface area (Å²) in [5, 5.41) is 4.90. The number of nitrogens with zero attached hydrogens (tertiary/aromatic N) is 2. The second kappa shape index (κ2) is 5.98. The van der Waals surface area contributed by atoms with Gasteiger partial charge in [0.15, 0.2) is 0 Å². The summed E-state index contributed by atoms with van der Waals surface area (Å²) in [4.78, 5) is 2.54. The van der Waals surface area contributed by atoms with Crippen LogP contribution in [0.3, 0.4) is 0 Å². The van der Waals surface area contributed by atoms with Gasteiger partial charge < -0.3 is 9.88 Å². The molecule has 0 amide bonds. The Bertz CT molecular complexity index is 565. The van der Waals surface area contributed by atoms with E-state index in [1.54, 1.807) is 0 Å². The lowest BCUT2D eigenvalue weighted by Gasteiger charge is -2.26. The molecule has 108 valence electrons. The molecule has 2 heterocycles. The third-order valence-corrected chi connectivity index (χ3v) is 4.57. The molecule has 3 heteroatoms. The predicted octanol–water partition coefficient (Wildman–Crippen LogP) is 2.75. The van der Waals surface area contributed by atoms with Gasteiger partial charge in [0.05, 0.1) is 0 Å². The molecule has 1 unspecified atom stereocenters. The summed E-state index contributed by atoms with van der Waals surface area (Å²) in [5.74, 6) is 0. The lowest BCUT2D eigenvalue weighted by atomic mass is 10.1. The zero-order chi connectivity index (χ0) is 13.9. The Morgan fingerprint density at radius 2 is 2.10 bits per heavy atom. The van der Waals surface area contributed by atoms with Crippen molar-refractivity contribution in [2.75, 3.05) is 20.1 Å². The molecule has 1 saturated heterocycles. The minimum Gasteiger partial charge on any atom is -0.350 e. The minimum absolute atomic E-state index is 0.712. The Balaban J connectivity index is 1.78. The van der Waals surface area contributed by atoms with E-state index in [0.29, 0.717) is 6.04 Å². The maximum atomic E-state index is 3.50. The highest BCUT2D eigenvalue weighted by Crippen LogP contribution is 2.23. The van der Waals surface area contributed by atoms with Crippen molar-refractivity contribution in [2.24, 2.45) is 7.05 Å². The van der Waals surface area contributed by atoms with Gasteiger partial charge in [-0.15, -0.1) is 0 Å². The van der Waals surface area contributed by atoms with Crippen LogP contribution in [0.15, 0.2) is 30.5 Å². The van der Waals surface area contributed by atoms with E-state index < -0.39 is 0 Å². The molecule has 1 aliphatic rings. The molecule has 0 spiro atoms. The summed E-state index contributed by atoms with van der Waals surface area (Å²) in [6.45, 7) is 3.38. The van der Waals surface area contributed by atoms with E-state index in [4.69, 9.17) is 0 Å². The Morgan fingerprint density at radius 3 is 3.00 bits per heavy atom. The molecule has 0 bridgehead atoms. The molecule has 1 aromatic heterocycles. The van der Waals surface area contributed by atoms with Crippen molar-refractivity contribution in [1.82, 2.24) is 14.8 Å². The summed E-state index contributed by atoms with van der Waals surface area (Å²) in [5.41, 5.74) is 2.78. The molecular weight excluding hydrogens is 246 g/mol. The number of benzene rings is 1. The number of aromatic nitrogens is 1. The van der Waals surface area contributed by atoms with Crippen molar-refractivity contribution in [1.29, 1.82) is 0 Å². The van der Waals surface area contributed by atoms with Crippen LogP contribution in [0.2, 0.25) is 0 Å². The summed E-state index contributed by atoms with van der Waals surface area (Å²) in [7, 11) is 4.42. The maximum Gasteiger partial charge on any atom is 0.0481 e. The first-order valence-electron chi connectivity index (χ1n) is 7.69. The van der Waals surface area contributed by atoms with Crippen LogP contribution in [0, 0.1) is 0 Å². The SMILES string of the molecule is CN(Cc1cn(C)c2ccccc12)C1CCCNCC1. The first kappa shape index (κ1) is 13.7. The van der Waals surface area contributed by atoms with Gasteiger partial charge in [-0.05, 0) is 51.0 Å². The van der Waals surface area contributed by atoms with Crippen LogP contribution in [-0.2, 0) is 13.6 Å². The molecule has 0 radical (unpaired) electrons. The molecule has 0 aliphatic carbocycles. The Hall–Kier alpha value is -1.32. The van der Waals surface area contributed by atoms with E-state index in [2.05, 4.69) is 59.3 Å². The van der Waals surface area contributed by atoms with Crippen molar-refractivity contribution < 1.29 is 0 Å². The van der Waals surface area contributed by atoms with Gasteiger partial charge in [0, 0.05) is 36.7 Å². The van der Waals surface area contributed by atoms with Crippen LogP contribution >= 0.6 is 0 Å². The molecule has 2 aromatic rings. The normalized spacial score (nSPS) is 20.4. The van der Waals surface area contributed by atoms with E-state index in [1.165, 1.54) is 42.3 Å². The molecule has 3 rings (SSSR count). The van der Waals surface area contributed by atoms with Crippen LogP contribution in [0.5, 0.6) is 0 Å². The molecule has 20 heavy (non-hydrogen) atoms. The zero-order valence-electron chi connectivity index (χ0n) is 12.6. The lowest BCUT2D eigenvalue weighted by Crippen LogP contribution is -2.31. The van der Waals surface area contributed by atoms with Crippen molar-refractivity contribution in [2.45, 2.75) is 31.8 Å². The highest BCUT2D eigenvalue weighted by atomic mass is 15.1. The topological polar surface area (TPSA) is 20.2 Å². The summed E-state index contributed by atoms with van der Waals surface area (Å²) >= 11 is 0. The van der Waals surface area contributed by atoms with Crippen LogP contribution in [0.4, 0.5) is 0 Å². The monoisotopic (exact) mass is 271 g/mol. The van der Waals surface area contributed by atoms with Gasteiger partial charge in [0.25, 0.3) is 0 Å². The van der Waals surface area contributed by atoms with E-state index >= 15 is 0 Å². The first-order chi connectivity index (χ1) is 9.75. The van der Waals surface area contributed by atoms with E-state index in [-0.39, 0.29) is 0 Å². The fraction of sp³-hybridized carbons (Fsp3) is 0.529. The Kier molecular flexibility index (Phi) is 4.08. The quantitative estimate of drug-likeness (QED) is 0.926. The van der Waals surface area contributed by atoms with Crippen molar-refractivity contribution in [3.8, 4) is 0 Å². The fourth-order valence-corrected chi connectivity index (χ4v) is 3.39. The van der Waals surface area contributed by atoms with Gasteiger partial charge in [0.1, 0.15) is 0 Å². The second-order valence-corrected chi connectivity index (χ2v) is 6.03. The molecule has 0 saturated carbocycles. The van der Waals surface area contributed by atoms with Crippen LogP contribution < -0.4 is 5.32 Å². The predicted molar refractivity (Wildman–Crippen MR) is 84.9 cm³/mol.